The number of sulfonamides is 1. The zero-order valence-corrected chi connectivity index (χ0v) is 10.5. The maximum absolute atomic E-state index is 11.8. The van der Waals surface area contributed by atoms with Gasteiger partial charge in [-0.15, -0.1) is 0 Å². The molecule has 1 aromatic carbocycles. The van der Waals surface area contributed by atoms with E-state index in [9.17, 15) is 8.42 Å². The van der Waals surface area contributed by atoms with E-state index in [1.807, 2.05) is 6.07 Å². The highest BCUT2D eigenvalue weighted by molar-refractivity contribution is 7.89. The summed E-state index contributed by atoms with van der Waals surface area (Å²) in [6.45, 7) is 1.34. The summed E-state index contributed by atoms with van der Waals surface area (Å²) in [6.07, 6.45) is 0.897. The van der Waals surface area contributed by atoms with Gasteiger partial charge in [0.05, 0.1) is 18.3 Å². The average molecular weight is 256 g/mol. The lowest BCUT2D eigenvalue weighted by Crippen LogP contribution is -2.24. The zero-order valence-electron chi connectivity index (χ0n) is 9.64. The van der Waals surface area contributed by atoms with Crippen molar-refractivity contribution in [1.29, 1.82) is 0 Å². The summed E-state index contributed by atoms with van der Waals surface area (Å²) in [7, 11) is -2.02. The molecule has 1 heterocycles. The smallest absolute Gasteiger partial charge is 0.242 e. The Hall–Kier alpha value is -1.11. The highest BCUT2D eigenvalue weighted by Crippen LogP contribution is 2.22. The minimum Gasteiger partial charge on any atom is -0.379 e. The summed E-state index contributed by atoms with van der Waals surface area (Å²) < 4.78 is 31.2. The normalized spacial score (nSPS) is 20.4. The van der Waals surface area contributed by atoms with Crippen molar-refractivity contribution < 1.29 is 13.2 Å². The molecule has 0 aromatic heterocycles. The highest BCUT2D eigenvalue weighted by Gasteiger charge is 2.20. The minimum absolute atomic E-state index is 0.184. The van der Waals surface area contributed by atoms with Gasteiger partial charge in [-0.25, -0.2) is 13.1 Å². The number of ether oxygens (including phenoxy) is 1. The average Bonchev–Trinajstić information content (AvgIpc) is 2.82. The molecule has 5 nitrogen and oxygen atoms in total. The van der Waals surface area contributed by atoms with Gasteiger partial charge in [-0.3, -0.25) is 0 Å². The first-order chi connectivity index (χ1) is 8.13. The molecule has 0 radical (unpaired) electrons. The molecule has 1 saturated heterocycles. The van der Waals surface area contributed by atoms with Gasteiger partial charge in [-0.1, -0.05) is 12.1 Å². The molecule has 94 valence electrons. The van der Waals surface area contributed by atoms with Crippen molar-refractivity contribution in [2.24, 2.45) is 0 Å². The minimum atomic E-state index is -3.42. The van der Waals surface area contributed by atoms with E-state index < -0.39 is 10.0 Å². The van der Waals surface area contributed by atoms with Crippen LogP contribution in [0, 0.1) is 0 Å². The van der Waals surface area contributed by atoms with Gasteiger partial charge < -0.3 is 10.1 Å². The summed E-state index contributed by atoms with van der Waals surface area (Å²) in [6, 6.07) is 7.06. The first kappa shape index (κ1) is 12.3. The van der Waals surface area contributed by atoms with Crippen LogP contribution in [0.1, 0.15) is 6.42 Å². The van der Waals surface area contributed by atoms with Gasteiger partial charge in [0.2, 0.25) is 10.0 Å². The molecule has 1 fully saturated rings. The topological polar surface area (TPSA) is 67.4 Å². The third kappa shape index (κ3) is 2.77. The van der Waals surface area contributed by atoms with E-state index in [1.165, 1.54) is 7.05 Å². The molecule has 0 aliphatic carbocycles. The molecule has 2 rings (SSSR count). The van der Waals surface area contributed by atoms with Crippen LogP contribution in [-0.4, -0.2) is 34.7 Å². The summed E-state index contributed by atoms with van der Waals surface area (Å²) in [4.78, 5) is 0.273. The van der Waals surface area contributed by atoms with Crippen LogP contribution < -0.4 is 10.0 Å². The Labute approximate surface area is 101 Å². The molecule has 1 aliphatic heterocycles. The molecule has 0 bridgehead atoms. The van der Waals surface area contributed by atoms with Crippen LogP contribution in [-0.2, 0) is 14.8 Å². The second-order valence-corrected chi connectivity index (χ2v) is 5.76. The number of para-hydroxylation sites is 1. The standard InChI is InChI=1S/C11H16N2O3S/c1-12-17(14,15)11-5-3-2-4-10(11)13-9-6-7-16-8-9/h2-5,9,12-13H,6-8H2,1H3. The van der Waals surface area contributed by atoms with E-state index in [4.69, 9.17) is 4.74 Å². The van der Waals surface area contributed by atoms with Crippen molar-refractivity contribution in [2.45, 2.75) is 17.4 Å². The zero-order chi connectivity index (χ0) is 12.3. The molecule has 6 heteroatoms. The maximum atomic E-state index is 11.8. The molecular weight excluding hydrogens is 240 g/mol. The lowest BCUT2D eigenvalue weighted by Gasteiger charge is -2.15. The Morgan fingerprint density at radius 3 is 2.76 bits per heavy atom. The van der Waals surface area contributed by atoms with Crippen molar-refractivity contribution >= 4 is 15.7 Å². The van der Waals surface area contributed by atoms with Gasteiger partial charge >= 0.3 is 0 Å². The first-order valence-electron chi connectivity index (χ1n) is 5.50. The summed E-state index contributed by atoms with van der Waals surface area (Å²) in [5.74, 6) is 0. The second-order valence-electron chi connectivity index (χ2n) is 3.91. The van der Waals surface area contributed by atoms with Gasteiger partial charge in [0.25, 0.3) is 0 Å². The molecule has 1 aliphatic rings. The fourth-order valence-electron chi connectivity index (χ4n) is 1.80. The number of hydrogen-bond donors (Lipinski definition) is 2. The van der Waals surface area contributed by atoms with E-state index >= 15 is 0 Å². The van der Waals surface area contributed by atoms with E-state index in [1.54, 1.807) is 18.2 Å². The number of anilines is 1. The van der Waals surface area contributed by atoms with Gasteiger partial charge in [0.15, 0.2) is 0 Å². The van der Waals surface area contributed by atoms with Gasteiger partial charge in [0.1, 0.15) is 4.90 Å². The van der Waals surface area contributed by atoms with Crippen LogP contribution in [0.2, 0.25) is 0 Å². The molecule has 2 N–H and O–H groups in total. The van der Waals surface area contributed by atoms with E-state index in [0.29, 0.717) is 12.3 Å². The predicted molar refractivity (Wildman–Crippen MR) is 65.5 cm³/mol. The van der Waals surface area contributed by atoms with Crippen LogP contribution in [0.5, 0.6) is 0 Å². The maximum Gasteiger partial charge on any atom is 0.242 e. The van der Waals surface area contributed by atoms with Crippen molar-refractivity contribution in [3.05, 3.63) is 24.3 Å². The number of benzene rings is 1. The van der Waals surface area contributed by atoms with Crippen LogP contribution in [0.25, 0.3) is 0 Å². The Kier molecular flexibility index (Phi) is 3.66. The quantitative estimate of drug-likeness (QED) is 0.836. The molecule has 0 saturated carbocycles. The number of nitrogens with one attached hydrogen (secondary N) is 2. The van der Waals surface area contributed by atoms with Crippen LogP contribution in [0.15, 0.2) is 29.2 Å². The molecule has 1 atom stereocenters. The molecule has 1 aromatic rings. The van der Waals surface area contributed by atoms with Crippen LogP contribution in [0.3, 0.4) is 0 Å². The fraction of sp³-hybridized carbons (Fsp3) is 0.455. The Balaban J connectivity index is 2.27. The van der Waals surface area contributed by atoms with E-state index in [2.05, 4.69) is 10.0 Å². The predicted octanol–water partition coefficient (Wildman–Crippen LogP) is 0.795. The Morgan fingerprint density at radius 1 is 1.35 bits per heavy atom. The van der Waals surface area contributed by atoms with Crippen molar-refractivity contribution in [2.75, 3.05) is 25.6 Å². The second kappa shape index (κ2) is 5.03. The summed E-state index contributed by atoms with van der Waals surface area (Å²) >= 11 is 0. The monoisotopic (exact) mass is 256 g/mol. The van der Waals surface area contributed by atoms with E-state index in [-0.39, 0.29) is 10.9 Å². The third-order valence-corrected chi connectivity index (χ3v) is 4.21. The van der Waals surface area contributed by atoms with Gasteiger partial charge in [-0.2, -0.15) is 0 Å². The third-order valence-electron chi connectivity index (χ3n) is 2.73. The highest BCUT2D eigenvalue weighted by atomic mass is 32.2. The van der Waals surface area contributed by atoms with Crippen molar-refractivity contribution in [3.8, 4) is 0 Å². The summed E-state index contributed by atoms with van der Waals surface area (Å²) in [5, 5.41) is 3.21. The summed E-state index contributed by atoms with van der Waals surface area (Å²) in [5.41, 5.74) is 0.623. The Morgan fingerprint density at radius 2 is 2.12 bits per heavy atom. The number of hydrogen-bond acceptors (Lipinski definition) is 4. The van der Waals surface area contributed by atoms with Gasteiger partial charge in [0, 0.05) is 6.61 Å². The first-order valence-corrected chi connectivity index (χ1v) is 6.98. The molecular formula is C11H16N2O3S. The molecule has 1 unspecified atom stereocenters. The van der Waals surface area contributed by atoms with Crippen molar-refractivity contribution in [1.82, 2.24) is 4.72 Å². The fourth-order valence-corrected chi connectivity index (χ4v) is 2.69. The number of rotatable bonds is 4. The molecule has 0 amide bonds. The Bertz CT molecular complexity index is 481. The van der Waals surface area contributed by atoms with Crippen LogP contribution in [0.4, 0.5) is 5.69 Å². The molecule has 0 spiro atoms. The largest absolute Gasteiger partial charge is 0.379 e. The molecule has 17 heavy (non-hydrogen) atoms. The van der Waals surface area contributed by atoms with E-state index in [0.717, 1.165) is 13.0 Å². The van der Waals surface area contributed by atoms with Crippen molar-refractivity contribution in [3.63, 3.8) is 0 Å². The van der Waals surface area contributed by atoms with Gasteiger partial charge in [-0.05, 0) is 25.6 Å². The SMILES string of the molecule is CNS(=O)(=O)c1ccccc1NC1CCOC1. The lowest BCUT2D eigenvalue weighted by molar-refractivity contribution is 0.195. The lowest BCUT2D eigenvalue weighted by atomic mass is 10.2. The van der Waals surface area contributed by atoms with Crippen LogP contribution >= 0.6 is 0 Å².